The van der Waals surface area contributed by atoms with Gasteiger partial charge in [0.25, 0.3) is 0 Å². The molecule has 0 aromatic heterocycles. The summed E-state index contributed by atoms with van der Waals surface area (Å²) in [5.74, 6) is -5.83. The summed E-state index contributed by atoms with van der Waals surface area (Å²) >= 11 is 0. The minimum atomic E-state index is -1.51. The molecule has 3 unspecified atom stereocenters. The van der Waals surface area contributed by atoms with Crippen LogP contribution >= 0.6 is 0 Å². The van der Waals surface area contributed by atoms with Gasteiger partial charge in [-0.15, -0.1) is 0 Å². The van der Waals surface area contributed by atoms with Gasteiger partial charge in [0, 0.05) is 24.5 Å². The molecule has 0 radical (unpaired) electrons. The van der Waals surface area contributed by atoms with Gasteiger partial charge in [0.2, 0.25) is 0 Å². The lowest BCUT2D eigenvalue weighted by Crippen LogP contribution is -3.30. The van der Waals surface area contributed by atoms with Crippen molar-refractivity contribution in [2.75, 3.05) is 32.7 Å². The standard InChI is InChI=1S/C25H32F2N2.2C4H4O4/c26-22-11-7-20(8-12-22)25(21-9-13-23(27)14-10-21)6-4-15-28-17-18-29-16-3-1-2-5-24(29)19-28;2*5-3(6)1-2-4(7)8/h7-14,24-25H,1-6,15-19H2;2*1-2H,(H,5,6)(H,7,8)/b;2*2-1-. The van der Waals surface area contributed by atoms with Crippen molar-refractivity contribution in [2.45, 2.75) is 50.5 Å². The number of aliphatic carboxylic acids is 4. The summed E-state index contributed by atoms with van der Waals surface area (Å²) in [7, 11) is 0. The SMILES string of the molecule is Fc1ccc(C(CCC[NH+]2CC[NH+]3CCCCCC3C2)c2ccc(F)cc2)cc1.O=C([O-])/C=C\C(=O)O.O=C([O-])/C=C\C(=O)O. The average Bonchev–Trinajstić information content (AvgIpc) is 3.24. The van der Waals surface area contributed by atoms with Crippen molar-refractivity contribution in [1.82, 2.24) is 0 Å². The predicted molar refractivity (Wildman–Crippen MR) is 156 cm³/mol. The summed E-state index contributed by atoms with van der Waals surface area (Å²) in [6.07, 6.45) is 9.64. The number of carboxylic acids is 4. The van der Waals surface area contributed by atoms with Gasteiger partial charge in [-0.3, -0.25) is 0 Å². The Bertz CT molecular complexity index is 1190. The molecule has 2 aromatic carbocycles. The fourth-order valence-corrected chi connectivity index (χ4v) is 5.67. The highest BCUT2D eigenvalue weighted by atomic mass is 19.1. The van der Waals surface area contributed by atoms with Crippen LogP contribution in [0.2, 0.25) is 0 Å². The van der Waals surface area contributed by atoms with E-state index in [9.17, 15) is 38.2 Å². The van der Waals surface area contributed by atoms with Crippen LogP contribution in [0.3, 0.4) is 0 Å². The number of quaternary nitrogens is 2. The molecule has 2 saturated heterocycles. The van der Waals surface area contributed by atoms with E-state index in [0.29, 0.717) is 24.3 Å². The normalized spacial score (nSPS) is 19.4. The molecule has 0 amide bonds. The number of carboxylic acid groups (broad SMARTS) is 4. The number of nitrogens with one attached hydrogen (secondary N) is 2. The van der Waals surface area contributed by atoms with E-state index in [1.807, 2.05) is 29.2 Å². The van der Waals surface area contributed by atoms with E-state index in [-0.39, 0.29) is 17.6 Å². The quantitative estimate of drug-likeness (QED) is 0.252. The van der Waals surface area contributed by atoms with Crippen LogP contribution in [0.1, 0.15) is 55.6 Å². The molecule has 0 spiro atoms. The molecule has 0 aliphatic carbocycles. The third-order valence-corrected chi connectivity index (χ3v) is 7.75. The molecule has 4 rings (SSSR count). The van der Waals surface area contributed by atoms with Crippen LogP contribution in [-0.2, 0) is 19.2 Å². The minimum Gasteiger partial charge on any atom is -0.545 e. The molecule has 2 aromatic rings. The molecule has 2 aliphatic heterocycles. The van der Waals surface area contributed by atoms with E-state index < -0.39 is 23.9 Å². The fourth-order valence-electron chi connectivity index (χ4n) is 5.67. The summed E-state index contributed by atoms with van der Waals surface area (Å²) < 4.78 is 26.8. The lowest BCUT2D eigenvalue weighted by atomic mass is 9.87. The van der Waals surface area contributed by atoms with Gasteiger partial charge in [-0.2, -0.15) is 0 Å². The first-order valence-electron chi connectivity index (χ1n) is 14.9. The highest BCUT2D eigenvalue weighted by Crippen LogP contribution is 2.29. The lowest BCUT2D eigenvalue weighted by molar-refractivity contribution is -1.03. The third-order valence-electron chi connectivity index (χ3n) is 7.75. The number of fused-ring (bicyclic) bond motifs is 1. The van der Waals surface area contributed by atoms with Gasteiger partial charge in [-0.25, -0.2) is 18.4 Å². The molecule has 2 aliphatic rings. The van der Waals surface area contributed by atoms with E-state index in [1.165, 1.54) is 82.7 Å². The van der Waals surface area contributed by atoms with Crippen molar-refractivity contribution in [3.8, 4) is 0 Å². The molecular weight excluding hydrogens is 590 g/mol. The monoisotopic (exact) mass is 630 g/mol. The Balaban J connectivity index is 0.000000365. The van der Waals surface area contributed by atoms with Crippen LogP contribution in [0.15, 0.2) is 72.8 Å². The average molecular weight is 631 g/mol. The van der Waals surface area contributed by atoms with Crippen molar-refractivity contribution in [3.05, 3.63) is 95.6 Å². The molecule has 2 fully saturated rings. The number of rotatable bonds is 10. The predicted octanol–water partition coefficient (Wildman–Crippen LogP) is -0.643. The van der Waals surface area contributed by atoms with E-state index in [1.54, 1.807) is 4.90 Å². The zero-order valence-electron chi connectivity index (χ0n) is 25.0. The van der Waals surface area contributed by atoms with Crippen LogP contribution in [-0.4, -0.2) is 72.9 Å². The molecule has 4 N–H and O–H groups in total. The van der Waals surface area contributed by atoms with Crippen LogP contribution < -0.4 is 20.0 Å². The summed E-state index contributed by atoms with van der Waals surface area (Å²) in [5.41, 5.74) is 2.23. The third kappa shape index (κ3) is 15.2. The summed E-state index contributed by atoms with van der Waals surface area (Å²) in [6.45, 7) is 6.48. The van der Waals surface area contributed by atoms with Crippen LogP contribution in [0.5, 0.6) is 0 Å². The molecular formula is C33H40F2N2O8. The Morgan fingerprint density at radius 1 is 0.756 bits per heavy atom. The first-order valence-corrected chi connectivity index (χ1v) is 14.9. The second-order valence-corrected chi connectivity index (χ2v) is 10.9. The molecule has 0 bridgehead atoms. The number of piperazine rings is 1. The minimum absolute atomic E-state index is 0.195. The molecule has 10 nitrogen and oxygen atoms in total. The van der Waals surface area contributed by atoms with Gasteiger partial charge in [-0.1, -0.05) is 24.3 Å². The van der Waals surface area contributed by atoms with E-state index in [0.717, 1.165) is 30.0 Å². The van der Waals surface area contributed by atoms with Gasteiger partial charge < -0.3 is 39.8 Å². The Morgan fingerprint density at radius 2 is 1.27 bits per heavy atom. The summed E-state index contributed by atoms with van der Waals surface area (Å²) in [4.78, 5) is 41.5. The summed E-state index contributed by atoms with van der Waals surface area (Å²) in [6, 6.07) is 14.5. The van der Waals surface area contributed by atoms with Crippen molar-refractivity contribution < 1.29 is 58.2 Å². The fraction of sp³-hybridized carbons (Fsp3) is 0.394. The Labute approximate surface area is 260 Å². The molecule has 3 atom stereocenters. The number of halogens is 2. The van der Waals surface area contributed by atoms with Gasteiger partial charge >= 0.3 is 11.9 Å². The van der Waals surface area contributed by atoms with Gasteiger partial charge in [0.1, 0.15) is 37.3 Å². The maximum atomic E-state index is 13.4. The maximum absolute atomic E-state index is 13.4. The van der Waals surface area contributed by atoms with Crippen molar-refractivity contribution >= 4 is 23.9 Å². The molecule has 2 heterocycles. The first kappa shape index (κ1) is 36.8. The smallest absolute Gasteiger partial charge is 0.328 e. The number of carbonyl (C=O) groups excluding carboxylic acids is 2. The Kier molecular flexibility index (Phi) is 16.2. The maximum Gasteiger partial charge on any atom is 0.328 e. The van der Waals surface area contributed by atoms with Crippen LogP contribution in [0, 0.1) is 11.6 Å². The van der Waals surface area contributed by atoms with Gasteiger partial charge in [0.05, 0.1) is 25.0 Å². The topological polar surface area (TPSA) is 164 Å². The number of hydrogen-bond acceptors (Lipinski definition) is 6. The van der Waals surface area contributed by atoms with Crippen molar-refractivity contribution in [1.29, 1.82) is 0 Å². The molecule has 45 heavy (non-hydrogen) atoms. The van der Waals surface area contributed by atoms with Crippen LogP contribution in [0.4, 0.5) is 8.78 Å². The zero-order chi connectivity index (χ0) is 33.2. The second-order valence-electron chi connectivity index (χ2n) is 10.9. The van der Waals surface area contributed by atoms with E-state index >= 15 is 0 Å². The lowest BCUT2D eigenvalue weighted by Gasteiger charge is -2.35. The molecule has 244 valence electrons. The van der Waals surface area contributed by atoms with E-state index in [4.69, 9.17) is 10.2 Å². The van der Waals surface area contributed by atoms with E-state index in [2.05, 4.69) is 0 Å². The molecule has 12 heteroatoms. The zero-order valence-corrected chi connectivity index (χ0v) is 25.0. The number of carbonyl (C=O) groups is 4. The Hall–Kier alpha value is -4.42. The number of hydrogen-bond donors (Lipinski definition) is 4. The molecule has 0 saturated carbocycles. The highest BCUT2D eigenvalue weighted by Gasteiger charge is 2.33. The Morgan fingerprint density at radius 3 is 1.71 bits per heavy atom. The van der Waals surface area contributed by atoms with Crippen molar-refractivity contribution in [2.24, 2.45) is 0 Å². The largest absolute Gasteiger partial charge is 0.545 e. The highest BCUT2D eigenvalue weighted by molar-refractivity contribution is 5.89. The van der Waals surface area contributed by atoms with Crippen molar-refractivity contribution in [3.63, 3.8) is 0 Å². The first-order chi connectivity index (χ1) is 21.4. The summed E-state index contributed by atoms with van der Waals surface area (Å²) in [5, 5.41) is 34.5. The number of benzene rings is 2. The van der Waals surface area contributed by atoms with Crippen LogP contribution in [0.25, 0.3) is 0 Å². The second kappa shape index (κ2) is 19.8. The van der Waals surface area contributed by atoms with Gasteiger partial charge in [-0.05, 0) is 79.6 Å². The van der Waals surface area contributed by atoms with Gasteiger partial charge in [0.15, 0.2) is 0 Å².